The molecule has 0 bridgehead atoms. The summed E-state index contributed by atoms with van der Waals surface area (Å²) in [5, 5.41) is 9.74. The van der Waals surface area contributed by atoms with Crippen LogP contribution in [0.15, 0.2) is 35.7 Å². The second kappa shape index (κ2) is 6.10. The smallest absolute Gasteiger partial charge is 0.226 e. The Hall–Kier alpha value is -2.14. The first-order chi connectivity index (χ1) is 10.3. The molecule has 0 spiro atoms. The third kappa shape index (κ3) is 3.13. The van der Waals surface area contributed by atoms with Crippen molar-refractivity contribution in [3.8, 4) is 0 Å². The average Bonchev–Trinajstić information content (AvgIpc) is 2.93. The van der Waals surface area contributed by atoms with Crippen molar-refractivity contribution in [1.29, 1.82) is 0 Å². The third-order valence-corrected chi connectivity index (χ3v) is 4.01. The number of anilines is 2. The molecule has 0 saturated carbocycles. The molecule has 108 valence electrons. The number of hydrogen-bond acceptors (Lipinski definition) is 5. The number of benzene rings is 1. The molecule has 0 unspecified atom stereocenters. The Labute approximate surface area is 128 Å². The normalized spacial score (nSPS) is 10.8. The quantitative estimate of drug-likeness (QED) is 0.746. The van der Waals surface area contributed by atoms with Crippen LogP contribution in [0.2, 0.25) is 0 Å². The molecule has 21 heavy (non-hydrogen) atoms. The summed E-state index contributed by atoms with van der Waals surface area (Å²) in [6, 6.07) is 10.6. The van der Waals surface area contributed by atoms with Crippen LogP contribution in [0.3, 0.4) is 0 Å². The van der Waals surface area contributed by atoms with Crippen molar-refractivity contribution in [3.63, 3.8) is 0 Å². The topological polar surface area (TPSA) is 49.8 Å². The van der Waals surface area contributed by atoms with Crippen LogP contribution in [0.5, 0.6) is 0 Å². The van der Waals surface area contributed by atoms with Gasteiger partial charge in [0.15, 0.2) is 0 Å². The van der Waals surface area contributed by atoms with Crippen LogP contribution in [-0.4, -0.2) is 16.5 Å². The van der Waals surface area contributed by atoms with Gasteiger partial charge in [0, 0.05) is 13.1 Å². The molecule has 2 aromatic heterocycles. The molecule has 0 aliphatic heterocycles. The summed E-state index contributed by atoms with van der Waals surface area (Å²) in [6.07, 6.45) is 0. The molecule has 2 N–H and O–H groups in total. The highest BCUT2D eigenvalue weighted by Gasteiger charge is 2.08. The van der Waals surface area contributed by atoms with E-state index in [0.717, 1.165) is 29.1 Å². The van der Waals surface area contributed by atoms with E-state index in [4.69, 9.17) is 0 Å². The van der Waals surface area contributed by atoms with Gasteiger partial charge < -0.3 is 10.6 Å². The number of thiophene rings is 1. The van der Waals surface area contributed by atoms with E-state index in [1.807, 2.05) is 12.3 Å². The highest BCUT2D eigenvalue weighted by atomic mass is 32.1. The number of rotatable bonds is 5. The molecule has 0 atom stereocenters. The lowest BCUT2D eigenvalue weighted by molar-refractivity contribution is 1.07. The monoisotopic (exact) mass is 298 g/mol. The van der Waals surface area contributed by atoms with Gasteiger partial charge in [-0.05, 0) is 30.9 Å². The van der Waals surface area contributed by atoms with Crippen LogP contribution in [-0.2, 0) is 6.54 Å². The van der Waals surface area contributed by atoms with E-state index in [1.54, 1.807) is 11.3 Å². The van der Waals surface area contributed by atoms with Gasteiger partial charge in [0.25, 0.3) is 0 Å². The number of aryl methyl sites for hydroxylation is 1. The predicted molar refractivity (Wildman–Crippen MR) is 90.1 cm³/mol. The van der Waals surface area contributed by atoms with Crippen molar-refractivity contribution in [2.24, 2.45) is 0 Å². The minimum atomic E-state index is 0.680. The van der Waals surface area contributed by atoms with E-state index in [9.17, 15) is 0 Å². The number of nitrogens with zero attached hydrogens (tertiary/aromatic N) is 2. The van der Waals surface area contributed by atoms with Crippen LogP contribution in [0.4, 0.5) is 11.8 Å². The van der Waals surface area contributed by atoms with E-state index in [0.29, 0.717) is 5.95 Å². The zero-order valence-corrected chi connectivity index (χ0v) is 13.0. The summed E-state index contributed by atoms with van der Waals surface area (Å²) < 4.78 is 0. The van der Waals surface area contributed by atoms with E-state index in [1.165, 1.54) is 11.1 Å². The summed E-state index contributed by atoms with van der Waals surface area (Å²) in [4.78, 5) is 10.1. The zero-order valence-electron chi connectivity index (χ0n) is 12.2. The lowest BCUT2D eigenvalue weighted by Gasteiger charge is -2.09. The Bertz CT molecular complexity index is 751. The van der Waals surface area contributed by atoms with Crippen LogP contribution in [0.1, 0.15) is 18.1 Å². The first-order valence-corrected chi connectivity index (χ1v) is 7.93. The predicted octanol–water partition coefficient (Wildman–Crippen LogP) is 4.04. The van der Waals surface area contributed by atoms with Crippen molar-refractivity contribution in [1.82, 2.24) is 9.97 Å². The summed E-state index contributed by atoms with van der Waals surface area (Å²) in [6.45, 7) is 5.72. The molecular weight excluding hydrogens is 280 g/mol. The molecule has 0 amide bonds. The van der Waals surface area contributed by atoms with E-state index in [-0.39, 0.29) is 0 Å². The van der Waals surface area contributed by atoms with Gasteiger partial charge in [-0.1, -0.05) is 29.8 Å². The van der Waals surface area contributed by atoms with Gasteiger partial charge in [-0.25, -0.2) is 4.98 Å². The number of fused-ring (bicyclic) bond motifs is 1. The number of nitrogens with one attached hydrogen (secondary N) is 2. The first-order valence-electron chi connectivity index (χ1n) is 7.05. The molecular formula is C16H18N4S. The first kappa shape index (κ1) is 13.8. The Morgan fingerprint density at radius 1 is 1.14 bits per heavy atom. The SMILES string of the molecule is CCNc1nc(NCc2cccc(C)c2)c2ccsc2n1. The largest absolute Gasteiger partial charge is 0.365 e. The van der Waals surface area contributed by atoms with Crippen LogP contribution in [0.25, 0.3) is 10.2 Å². The van der Waals surface area contributed by atoms with Crippen LogP contribution in [0, 0.1) is 6.92 Å². The van der Waals surface area contributed by atoms with Gasteiger partial charge in [-0.15, -0.1) is 11.3 Å². The lowest BCUT2D eigenvalue weighted by atomic mass is 10.1. The third-order valence-electron chi connectivity index (χ3n) is 3.20. The maximum Gasteiger partial charge on any atom is 0.226 e. The lowest BCUT2D eigenvalue weighted by Crippen LogP contribution is -2.06. The summed E-state index contributed by atoms with van der Waals surface area (Å²) in [5.74, 6) is 1.57. The zero-order chi connectivity index (χ0) is 14.7. The Morgan fingerprint density at radius 3 is 2.86 bits per heavy atom. The fraction of sp³-hybridized carbons (Fsp3) is 0.250. The summed E-state index contributed by atoms with van der Waals surface area (Å²) in [7, 11) is 0. The molecule has 0 fully saturated rings. The fourth-order valence-electron chi connectivity index (χ4n) is 2.24. The minimum absolute atomic E-state index is 0.680. The molecule has 4 nitrogen and oxygen atoms in total. The second-order valence-electron chi connectivity index (χ2n) is 4.91. The van der Waals surface area contributed by atoms with Gasteiger partial charge in [0.1, 0.15) is 10.6 Å². The van der Waals surface area contributed by atoms with Crippen molar-refractivity contribution in [2.75, 3.05) is 17.2 Å². The molecule has 1 aromatic carbocycles. The van der Waals surface area contributed by atoms with Crippen molar-refractivity contribution < 1.29 is 0 Å². The van der Waals surface area contributed by atoms with E-state index >= 15 is 0 Å². The molecule has 3 rings (SSSR count). The Balaban J connectivity index is 1.86. The van der Waals surface area contributed by atoms with E-state index < -0.39 is 0 Å². The average molecular weight is 298 g/mol. The van der Waals surface area contributed by atoms with Crippen LogP contribution >= 0.6 is 11.3 Å². The van der Waals surface area contributed by atoms with E-state index in [2.05, 4.69) is 57.9 Å². The summed E-state index contributed by atoms with van der Waals surface area (Å²) in [5.41, 5.74) is 2.52. The highest BCUT2D eigenvalue weighted by molar-refractivity contribution is 7.16. The molecule has 5 heteroatoms. The molecule has 0 aliphatic rings. The minimum Gasteiger partial charge on any atom is -0.365 e. The number of aromatic nitrogens is 2. The van der Waals surface area contributed by atoms with Gasteiger partial charge >= 0.3 is 0 Å². The van der Waals surface area contributed by atoms with Crippen molar-refractivity contribution >= 4 is 33.3 Å². The molecule has 2 heterocycles. The van der Waals surface area contributed by atoms with Crippen molar-refractivity contribution in [3.05, 3.63) is 46.8 Å². The second-order valence-corrected chi connectivity index (χ2v) is 5.80. The standard InChI is InChI=1S/C16H18N4S/c1-3-17-16-19-14(13-7-8-21-15(13)20-16)18-10-12-6-4-5-11(2)9-12/h4-9H,3,10H2,1-2H3,(H2,17,18,19,20). The number of hydrogen-bond donors (Lipinski definition) is 2. The van der Waals surface area contributed by atoms with Gasteiger partial charge in [0.05, 0.1) is 5.39 Å². The van der Waals surface area contributed by atoms with Crippen LogP contribution < -0.4 is 10.6 Å². The Kier molecular flexibility index (Phi) is 4.01. The van der Waals surface area contributed by atoms with Gasteiger partial charge in [-0.3, -0.25) is 0 Å². The maximum absolute atomic E-state index is 4.57. The van der Waals surface area contributed by atoms with Gasteiger partial charge in [-0.2, -0.15) is 4.98 Å². The van der Waals surface area contributed by atoms with Gasteiger partial charge in [0.2, 0.25) is 5.95 Å². The maximum atomic E-state index is 4.57. The molecule has 0 aliphatic carbocycles. The molecule has 0 saturated heterocycles. The molecule has 0 radical (unpaired) electrons. The fourth-order valence-corrected chi connectivity index (χ4v) is 3.00. The summed E-state index contributed by atoms with van der Waals surface area (Å²) >= 11 is 1.63. The molecule has 3 aromatic rings. The Morgan fingerprint density at radius 2 is 2.05 bits per heavy atom. The van der Waals surface area contributed by atoms with Crippen molar-refractivity contribution in [2.45, 2.75) is 20.4 Å². The highest BCUT2D eigenvalue weighted by Crippen LogP contribution is 2.26.